The summed E-state index contributed by atoms with van der Waals surface area (Å²) in [6, 6.07) is 0. The molecule has 0 saturated carbocycles. The zero-order chi connectivity index (χ0) is 11.7. The van der Waals surface area contributed by atoms with E-state index in [0.29, 0.717) is 22.8 Å². The Bertz CT molecular complexity index is 508. The van der Waals surface area contributed by atoms with Gasteiger partial charge in [-0.3, -0.25) is 0 Å². The standard InChI is InChI=1S/C9H13N5O2/c1-5(15)3-16-14-4-11-7-8(10)12-6(2)13-9(7)14/h4-5,15H,3H2,1-2H3,(H2,10,12,13). The number of hydrogen-bond acceptors (Lipinski definition) is 6. The Morgan fingerprint density at radius 2 is 2.31 bits per heavy atom. The first kappa shape index (κ1) is 10.6. The van der Waals surface area contributed by atoms with Crippen molar-refractivity contribution in [2.24, 2.45) is 0 Å². The molecule has 0 aromatic carbocycles. The largest absolute Gasteiger partial charge is 0.408 e. The summed E-state index contributed by atoms with van der Waals surface area (Å²) in [4.78, 5) is 17.5. The van der Waals surface area contributed by atoms with Crippen molar-refractivity contribution in [2.45, 2.75) is 20.0 Å². The summed E-state index contributed by atoms with van der Waals surface area (Å²) in [6.07, 6.45) is 0.898. The fourth-order valence-electron chi connectivity index (χ4n) is 1.30. The summed E-state index contributed by atoms with van der Waals surface area (Å²) >= 11 is 0. The molecular formula is C9H13N5O2. The summed E-state index contributed by atoms with van der Waals surface area (Å²) < 4.78 is 1.38. The van der Waals surface area contributed by atoms with E-state index < -0.39 is 6.10 Å². The van der Waals surface area contributed by atoms with Gasteiger partial charge in [0.2, 0.25) is 5.65 Å². The van der Waals surface area contributed by atoms with Crippen LogP contribution in [0.15, 0.2) is 6.33 Å². The van der Waals surface area contributed by atoms with Crippen LogP contribution in [0.1, 0.15) is 12.7 Å². The van der Waals surface area contributed by atoms with Gasteiger partial charge in [-0.2, -0.15) is 4.73 Å². The lowest BCUT2D eigenvalue weighted by atomic mass is 10.4. The van der Waals surface area contributed by atoms with E-state index in [1.165, 1.54) is 11.1 Å². The minimum atomic E-state index is -0.558. The van der Waals surface area contributed by atoms with Crippen molar-refractivity contribution in [3.05, 3.63) is 12.2 Å². The number of anilines is 1. The van der Waals surface area contributed by atoms with Gasteiger partial charge in [0.05, 0.1) is 6.10 Å². The molecule has 0 spiro atoms. The van der Waals surface area contributed by atoms with Gasteiger partial charge in [0.25, 0.3) is 0 Å². The zero-order valence-electron chi connectivity index (χ0n) is 9.08. The number of nitrogens with zero attached hydrogens (tertiary/aromatic N) is 4. The van der Waals surface area contributed by atoms with Crippen LogP contribution in [0.3, 0.4) is 0 Å². The van der Waals surface area contributed by atoms with Gasteiger partial charge in [-0.1, -0.05) is 0 Å². The highest BCUT2D eigenvalue weighted by atomic mass is 16.7. The van der Waals surface area contributed by atoms with Gasteiger partial charge < -0.3 is 15.7 Å². The smallest absolute Gasteiger partial charge is 0.201 e. The lowest BCUT2D eigenvalue weighted by Gasteiger charge is -2.08. The second-order valence-electron chi connectivity index (χ2n) is 3.54. The Labute approximate surface area is 91.9 Å². The number of aliphatic hydroxyl groups is 1. The molecular weight excluding hydrogens is 210 g/mol. The molecule has 2 aromatic heterocycles. The third-order valence-corrected chi connectivity index (χ3v) is 1.96. The Morgan fingerprint density at radius 3 is 3.00 bits per heavy atom. The number of aliphatic hydroxyl groups excluding tert-OH is 1. The number of hydrogen-bond donors (Lipinski definition) is 2. The molecule has 0 aliphatic carbocycles. The minimum Gasteiger partial charge on any atom is -0.408 e. The monoisotopic (exact) mass is 223 g/mol. The predicted molar refractivity (Wildman–Crippen MR) is 57.6 cm³/mol. The number of nitrogens with two attached hydrogens (primary N) is 1. The molecule has 86 valence electrons. The van der Waals surface area contributed by atoms with Crippen LogP contribution in [-0.2, 0) is 0 Å². The van der Waals surface area contributed by atoms with Crippen LogP contribution in [0.4, 0.5) is 5.82 Å². The topological polar surface area (TPSA) is 99.1 Å². The maximum atomic E-state index is 9.12. The van der Waals surface area contributed by atoms with Crippen molar-refractivity contribution >= 4 is 17.0 Å². The van der Waals surface area contributed by atoms with E-state index >= 15 is 0 Å². The summed E-state index contributed by atoms with van der Waals surface area (Å²) in [5.41, 5.74) is 6.70. The molecule has 2 rings (SSSR count). The van der Waals surface area contributed by atoms with E-state index in [2.05, 4.69) is 15.0 Å². The van der Waals surface area contributed by atoms with Crippen molar-refractivity contribution in [2.75, 3.05) is 12.3 Å². The van der Waals surface area contributed by atoms with Crippen molar-refractivity contribution in [1.82, 2.24) is 19.7 Å². The summed E-state index contributed by atoms with van der Waals surface area (Å²) in [7, 11) is 0. The Morgan fingerprint density at radius 1 is 1.56 bits per heavy atom. The number of rotatable bonds is 3. The lowest BCUT2D eigenvalue weighted by Crippen LogP contribution is -2.21. The van der Waals surface area contributed by atoms with Crippen molar-refractivity contribution in [3.63, 3.8) is 0 Å². The molecule has 2 heterocycles. The summed E-state index contributed by atoms with van der Waals surface area (Å²) in [5.74, 6) is 0.870. The first-order chi connectivity index (χ1) is 7.58. The van der Waals surface area contributed by atoms with E-state index in [1.54, 1.807) is 13.8 Å². The Kier molecular flexibility index (Phi) is 2.61. The lowest BCUT2D eigenvalue weighted by molar-refractivity contribution is 0.0393. The van der Waals surface area contributed by atoms with E-state index in [0.717, 1.165) is 0 Å². The van der Waals surface area contributed by atoms with Crippen LogP contribution in [0.5, 0.6) is 0 Å². The fourth-order valence-corrected chi connectivity index (χ4v) is 1.30. The molecule has 1 atom stereocenters. The number of nitrogen functional groups attached to an aromatic ring is 1. The van der Waals surface area contributed by atoms with Gasteiger partial charge in [0, 0.05) is 0 Å². The Hall–Kier alpha value is -1.89. The van der Waals surface area contributed by atoms with Crippen LogP contribution in [0, 0.1) is 6.92 Å². The third kappa shape index (κ3) is 1.89. The first-order valence-electron chi connectivity index (χ1n) is 4.86. The van der Waals surface area contributed by atoms with Gasteiger partial charge in [0.15, 0.2) is 11.3 Å². The highest BCUT2D eigenvalue weighted by Gasteiger charge is 2.10. The van der Waals surface area contributed by atoms with Gasteiger partial charge in [0.1, 0.15) is 18.8 Å². The molecule has 0 aliphatic heterocycles. The quantitative estimate of drug-likeness (QED) is 0.729. The number of fused-ring (bicyclic) bond motifs is 1. The molecule has 7 heteroatoms. The van der Waals surface area contributed by atoms with Crippen LogP contribution >= 0.6 is 0 Å². The molecule has 0 fully saturated rings. The molecule has 1 unspecified atom stereocenters. The van der Waals surface area contributed by atoms with Crippen molar-refractivity contribution < 1.29 is 9.94 Å². The van der Waals surface area contributed by atoms with Crippen molar-refractivity contribution in [1.29, 1.82) is 0 Å². The predicted octanol–water partition coefficient (Wildman–Crippen LogP) is -0.474. The highest BCUT2D eigenvalue weighted by Crippen LogP contribution is 2.14. The maximum Gasteiger partial charge on any atom is 0.201 e. The normalized spacial score (nSPS) is 12.9. The summed E-state index contributed by atoms with van der Waals surface area (Å²) in [5, 5.41) is 9.12. The molecule has 3 N–H and O–H groups in total. The minimum absolute atomic E-state index is 0.161. The fraction of sp³-hybridized carbons (Fsp3) is 0.444. The highest BCUT2D eigenvalue weighted by molar-refractivity contribution is 5.81. The average Bonchev–Trinajstić information content (AvgIpc) is 2.58. The molecule has 16 heavy (non-hydrogen) atoms. The molecule has 0 saturated heterocycles. The van der Waals surface area contributed by atoms with Crippen LogP contribution < -0.4 is 10.6 Å². The zero-order valence-corrected chi connectivity index (χ0v) is 9.08. The van der Waals surface area contributed by atoms with Crippen LogP contribution in [0.2, 0.25) is 0 Å². The van der Waals surface area contributed by atoms with Gasteiger partial charge in [-0.25, -0.2) is 15.0 Å². The second-order valence-corrected chi connectivity index (χ2v) is 3.54. The van der Waals surface area contributed by atoms with E-state index in [1.807, 2.05) is 0 Å². The summed E-state index contributed by atoms with van der Waals surface area (Å²) in [6.45, 7) is 3.53. The average molecular weight is 223 g/mol. The van der Waals surface area contributed by atoms with Crippen LogP contribution in [0.25, 0.3) is 11.2 Å². The Balaban J connectivity index is 2.40. The second kappa shape index (κ2) is 3.93. The SMILES string of the molecule is Cc1nc(N)c2ncn(OCC(C)O)c2n1. The molecule has 0 amide bonds. The maximum absolute atomic E-state index is 9.12. The number of aromatic nitrogens is 4. The number of aryl methyl sites for hydroxylation is 1. The molecule has 0 bridgehead atoms. The molecule has 2 aromatic rings. The van der Waals surface area contributed by atoms with Crippen molar-refractivity contribution in [3.8, 4) is 0 Å². The van der Waals surface area contributed by atoms with Gasteiger partial charge in [-0.05, 0) is 13.8 Å². The van der Waals surface area contributed by atoms with E-state index in [9.17, 15) is 0 Å². The number of imidazole rings is 1. The molecule has 0 radical (unpaired) electrons. The molecule has 0 aliphatic rings. The van der Waals surface area contributed by atoms with Gasteiger partial charge in [-0.15, -0.1) is 0 Å². The van der Waals surface area contributed by atoms with E-state index in [-0.39, 0.29) is 6.61 Å². The first-order valence-corrected chi connectivity index (χ1v) is 4.86. The van der Waals surface area contributed by atoms with Crippen LogP contribution in [-0.4, -0.2) is 37.5 Å². The van der Waals surface area contributed by atoms with E-state index in [4.69, 9.17) is 15.7 Å². The van der Waals surface area contributed by atoms with Gasteiger partial charge >= 0.3 is 0 Å². The third-order valence-electron chi connectivity index (χ3n) is 1.96. The molecule has 7 nitrogen and oxygen atoms in total.